The molecule has 1 saturated carbocycles. The Bertz CT molecular complexity index is 798. The Hall–Kier alpha value is -2.40. The number of amides is 2. The highest BCUT2D eigenvalue weighted by Crippen LogP contribution is 2.45. The quantitative estimate of drug-likeness (QED) is 0.867. The van der Waals surface area contributed by atoms with Gasteiger partial charge in [0.05, 0.1) is 5.54 Å². The SMILES string of the molecule is CN(C)C1(c2ccccc2)CCC2(CC1)CN(CCc1cccnc1)C(=O)N2. The van der Waals surface area contributed by atoms with Crippen LogP contribution in [0.25, 0.3) is 0 Å². The summed E-state index contributed by atoms with van der Waals surface area (Å²) in [4.78, 5) is 21.1. The van der Waals surface area contributed by atoms with Gasteiger partial charge in [-0.3, -0.25) is 9.88 Å². The molecule has 1 N–H and O–H groups in total. The molecule has 1 aromatic heterocycles. The maximum atomic E-state index is 12.6. The van der Waals surface area contributed by atoms with Crippen molar-refractivity contribution in [1.29, 1.82) is 0 Å². The first-order valence-electron chi connectivity index (χ1n) is 10.2. The molecule has 2 aromatic rings. The number of hydrogen-bond acceptors (Lipinski definition) is 3. The molecular weight excluding hydrogens is 348 g/mol. The Morgan fingerprint density at radius 2 is 1.82 bits per heavy atom. The minimum absolute atomic E-state index is 0.0559. The summed E-state index contributed by atoms with van der Waals surface area (Å²) in [5.74, 6) is 0. The molecule has 5 heteroatoms. The van der Waals surface area contributed by atoms with Gasteiger partial charge in [-0.1, -0.05) is 36.4 Å². The Balaban J connectivity index is 1.43. The van der Waals surface area contributed by atoms with E-state index in [9.17, 15) is 4.79 Å². The second-order valence-electron chi connectivity index (χ2n) is 8.54. The average Bonchev–Trinajstić information content (AvgIpc) is 3.03. The Morgan fingerprint density at radius 3 is 2.46 bits per heavy atom. The minimum atomic E-state index is -0.0830. The summed E-state index contributed by atoms with van der Waals surface area (Å²) in [6, 6.07) is 14.9. The fraction of sp³-hybridized carbons (Fsp3) is 0.478. The molecule has 2 heterocycles. The highest BCUT2D eigenvalue weighted by Gasteiger charge is 2.49. The molecule has 2 aliphatic rings. The van der Waals surface area contributed by atoms with Crippen molar-refractivity contribution < 1.29 is 4.79 Å². The van der Waals surface area contributed by atoms with Crippen molar-refractivity contribution in [3.63, 3.8) is 0 Å². The lowest BCUT2D eigenvalue weighted by Gasteiger charge is -2.48. The summed E-state index contributed by atoms with van der Waals surface area (Å²) in [7, 11) is 4.36. The average molecular weight is 379 g/mol. The van der Waals surface area contributed by atoms with Crippen LogP contribution in [-0.4, -0.2) is 53.5 Å². The molecular formula is C23H30N4O. The van der Waals surface area contributed by atoms with E-state index >= 15 is 0 Å². The monoisotopic (exact) mass is 378 g/mol. The summed E-state index contributed by atoms with van der Waals surface area (Å²) >= 11 is 0. The number of hydrogen-bond donors (Lipinski definition) is 1. The highest BCUT2D eigenvalue weighted by molar-refractivity contribution is 5.78. The molecule has 0 atom stereocenters. The first-order valence-corrected chi connectivity index (χ1v) is 10.2. The lowest BCUT2D eigenvalue weighted by molar-refractivity contribution is 0.0620. The topological polar surface area (TPSA) is 48.5 Å². The molecule has 1 aromatic carbocycles. The van der Waals surface area contributed by atoms with Crippen LogP contribution < -0.4 is 5.32 Å². The van der Waals surface area contributed by atoms with Crippen LogP contribution in [0.1, 0.15) is 36.8 Å². The summed E-state index contributed by atoms with van der Waals surface area (Å²) in [6.07, 6.45) is 8.65. The summed E-state index contributed by atoms with van der Waals surface area (Å²) in [5, 5.41) is 3.34. The highest BCUT2D eigenvalue weighted by atomic mass is 16.2. The maximum absolute atomic E-state index is 12.6. The molecule has 28 heavy (non-hydrogen) atoms. The molecule has 2 amide bonds. The van der Waals surface area contributed by atoms with Gasteiger partial charge in [-0.05, 0) is 63.4 Å². The Labute approximate surface area is 167 Å². The zero-order valence-electron chi connectivity index (χ0n) is 16.9. The molecule has 0 unspecified atom stereocenters. The van der Waals surface area contributed by atoms with Crippen molar-refractivity contribution in [2.24, 2.45) is 0 Å². The van der Waals surface area contributed by atoms with Crippen molar-refractivity contribution in [2.75, 3.05) is 27.2 Å². The van der Waals surface area contributed by atoms with Gasteiger partial charge in [0.2, 0.25) is 0 Å². The zero-order chi connectivity index (χ0) is 19.6. The normalized spacial score (nSPS) is 27.4. The van der Waals surface area contributed by atoms with Crippen LogP contribution in [0.4, 0.5) is 4.79 Å². The molecule has 0 bridgehead atoms. The van der Waals surface area contributed by atoms with E-state index in [4.69, 9.17) is 0 Å². The predicted molar refractivity (Wildman–Crippen MR) is 111 cm³/mol. The van der Waals surface area contributed by atoms with Crippen LogP contribution >= 0.6 is 0 Å². The fourth-order valence-corrected chi connectivity index (χ4v) is 4.94. The van der Waals surface area contributed by atoms with Gasteiger partial charge in [-0.2, -0.15) is 0 Å². The smallest absolute Gasteiger partial charge is 0.317 e. The molecule has 5 nitrogen and oxygen atoms in total. The van der Waals surface area contributed by atoms with Crippen molar-refractivity contribution >= 4 is 6.03 Å². The van der Waals surface area contributed by atoms with E-state index in [1.807, 2.05) is 17.2 Å². The van der Waals surface area contributed by atoms with Crippen molar-refractivity contribution in [2.45, 2.75) is 43.2 Å². The molecule has 1 aliphatic heterocycles. The second kappa shape index (κ2) is 7.55. The number of nitrogens with zero attached hydrogens (tertiary/aromatic N) is 3. The Morgan fingerprint density at radius 1 is 1.07 bits per heavy atom. The first-order chi connectivity index (χ1) is 13.5. The van der Waals surface area contributed by atoms with Crippen LogP contribution in [-0.2, 0) is 12.0 Å². The largest absolute Gasteiger partial charge is 0.331 e. The van der Waals surface area contributed by atoms with E-state index in [1.165, 1.54) is 11.1 Å². The maximum Gasteiger partial charge on any atom is 0.317 e. The molecule has 1 saturated heterocycles. The van der Waals surface area contributed by atoms with Gasteiger partial charge in [0.25, 0.3) is 0 Å². The number of nitrogens with one attached hydrogen (secondary N) is 1. The number of urea groups is 1. The van der Waals surface area contributed by atoms with E-state index < -0.39 is 0 Å². The number of carbonyl (C=O) groups is 1. The lowest BCUT2D eigenvalue weighted by atomic mass is 9.69. The molecule has 1 spiro atoms. The molecule has 1 aliphatic carbocycles. The number of pyridine rings is 1. The van der Waals surface area contributed by atoms with Crippen molar-refractivity contribution in [1.82, 2.24) is 20.1 Å². The van der Waals surface area contributed by atoms with Gasteiger partial charge in [0.1, 0.15) is 0 Å². The summed E-state index contributed by atoms with van der Waals surface area (Å²) in [5.41, 5.74) is 2.53. The van der Waals surface area contributed by atoms with E-state index in [0.29, 0.717) is 0 Å². The lowest BCUT2D eigenvalue weighted by Crippen LogP contribution is -2.54. The molecule has 4 rings (SSSR count). The van der Waals surface area contributed by atoms with E-state index in [1.54, 1.807) is 6.20 Å². The van der Waals surface area contributed by atoms with E-state index in [2.05, 4.69) is 65.7 Å². The Kier molecular flexibility index (Phi) is 5.11. The number of carbonyl (C=O) groups excluding carboxylic acids is 1. The zero-order valence-corrected chi connectivity index (χ0v) is 16.9. The summed E-state index contributed by atoms with van der Waals surface area (Å²) in [6.45, 7) is 1.56. The van der Waals surface area contributed by atoms with Crippen LogP contribution in [0.15, 0.2) is 54.9 Å². The second-order valence-corrected chi connectivity index (χ2v) is 8.54. The third kappa shape index (κ3) is 3.51. The van der Waals surface area contributed by atoms with E-state index in [0.717, 1.165) is 45.2 Å². The van der Waals surface area contributed by atoms with Crippen molar-refractivity contribution in [3.8, 4) is 0 Å². The van der Waals surface area contributed by atoms with Gasteiger partial charge in [0, 0.05) is 31.0 Å². The minimum Gasteiger partial charge on any atom is -0.331 e. The van der Waals surface area contributed by atoms with Gasteiger partial charge < -0.3 is 10.2 Å². The summed E-state index contributed by atoms with van der Waals surface area (Å²) < 4.78 is 0. The third-order valence-corrected chi connectivity index (χ3v) is 6.75. The molecule has 0 radical (unpaired) electrons. The van der Waals surface area contributed by atoms with Crippen LogP contribution in [0.3, 0.4) is 0 Å². The molecule has 148 valence electrons. The van der Waals surface area contributed by atoms with Crippen LogP contribution in [0, 0.1) is 0 Å². The predicted octanol–water partition coefficient (Wildman–Crippen LogP) is 3.42. The van der Waals surface area contributed by atoms with Gasteiger partial charge in [0.15, 0.2) is 0 Å². The first kappa shape index (κ1) is 18.9. The fourth-order valence-electron chi connectivity index (χ4n) is 4.94. The van der Waals surface area contributed by atoms with E-state index in [-0.39, 0.29) is 17.1 Å². The number of benzene rings is 1. The van der Waals surface area contributed by atoms with Crippen LogP contribution in [0.2, 0.25) is 0 Å². The van der Waals surface area contributed by atoms with Crippen molar-refractivity contribution in [3.05, 3.63) is 66.0 Å². The van der Waals surface area contributed by atoms with Crippen LogP contribution in [0.5, 0.6) is 0 Å². The number of aromatic nitrogens is 1. The standard InChI is InChI=1S/C23H30N4O/c1-26(2)23(20-8-4-3-5-9-20)13-11-22(12-14-23)18-27(21(28)25-22)16-10-19-7-6-15-24-17-19/h3-9,15,17H,10-14,16,18H2,1-2H3,(H,25,28). The number of rotatable bonds is 5. The van der Waals surface area contributed by atoms with Gasteiger partial charge in [-0.15, -0.1) is 0 Å². The third-order valence-electron chi connectivity index (χ3n) is 6.75. The van der Waals surface area contributed by atoms with Gasteiger partial charge >= 0.3 is 6.03 Å². The van der Waals surface area contributed by atoms with Gasteiger partial charge in [-0.25, -0.2) is 4.79 Å². The molecule has 2 fully saturated rings.